The maximum atomic E-state index is 12.7. The molecule has 3 unspecified atom stereocenters. The highest BCUT2D eigenvalue weighted by molar-refractivity contribution is 9.09. The Morgan fingerprint density at radius 1 is 1.50 bits per heavy atom. The summed E-state index contributed by atoms with van der Waals surface area (Å²) in [6.45, 7) is 5.04. The van der Waals surface area contributed by atoms with Crippen molar-refractivity contribution in [2.24, 2.45) is 0 Å². The fourth-order valence-corrected chi connectivity index (χ4v) is 3.85. The van der Waals surface area contributed by atoms with E-state index in [1.807, 2.05) is 4.90 Å². The molecule has 0 N–H and O–H groups in total. The van der Waals surface area contributed by atoms with Gasteiger partial charge < -0.3 is 9.64 Å². The van der Waals surface area contributed by atoms with Crippen LogP contribution in [0.25, 0.3) is 0 Å². The Kier molecular flexibility index (Phi) is 4.88. The lowest BCUT2D eigenvalue weighted by molar-refractivity contribution is -0.127. The van der Waals surface area contributed by atoms with Gasteiger partial charge in [-0.25, -0.2) is 0 Å². The van der Waals surface area contributed by atoms with Crippen LogP contribution >= 0.6 is 15.9 Å². The van der Waals surface area contributed by atoms with Crippen molar-refractivity contribution >= 4 is 27.5 Å². The second kappa shape index (κ2) is 6.71. The minimum Gasteiger partial charge on any atom is -0.368 e. The largest absolute Gasteiger partial charge is 0.368 e. The SMILES string of the molecule is CCC(Br)Cc1ccc2c(c1)CC(C)N2C(=O)C1CCCO1. The predicted molar refractivity (Wildman–Crippen MR) is 92.8 cm³/mol. The Hall–Kier alpha value is -0.870. The summed E-state index contributed by atoms with van der Waals surface area (Å²) < 4.78 is 5.58. The molecule has 1 fully saturated rings. The number of alkyl halides is 1. The quantitative estimate of drug-likeness (QED) is 0.758. The summed E-state index contributed by atoms with van der Waals surface area (Å²) >= 11 is 3.70. The molecule has 1 aromatic rings. The minimum atomic E-state index is -0.236. The summed E-state index contributed by atoms with van der Waals surface area (Å²) in [6, 6.07) is 6.79. The first-order chi connectivity index (χ1) is 10.6. The topological polar surface area (TPSA) is 29.5 Å². The van der Waals surface area contributed by atoms with Gasteiger partial charge in [0.2, 0.25) is 0 Å². The summed E-state index contributed by atoms with van der Waals surface area (Å²) in [4.78, 5) is 15.2. The van der Waals surface area contributed by atoms with Gasteiger partial charge >= 0.3 is 0 Å². The zero-order valence-electron chi connectivity index (χ0n) is 13.3. The first-order valence-electron chi connectivity index (χ1n) is 8.30. The van der Waals surface area contributed by atoms with Gasteiger partial charge in [0.15, 0.2) is 0 Å². The molecule has 0 bridgehead atoms. The van der Waals surface area contributed by atoms with Crippen LogP contribution in [0, 0.1) is 0 Å². The molecule has 2 aliphatic heterocycles. The smallest absolute Gasteiger partial charge is 0.256 e. The first kappa shape index (κ1) is 16.0. The standard InChI is InChI=1S/C18H24BrNO2/c1-3-15(19)11-13-6-7-16-14(10-13)9-12(2)20(16)18(21)17-5-4-8-22-17/h6-7,10,12,15,17H,3-5,8-9,11H2,1-2H3. The molecular weight excluding hydrogens is 342 g/mol. The van der Waals surface area contributed by atoms with Crippen LogP contribution < -0.4 is 4.90 Å². The van der Waals surface area contributed by atoms with Crippen molar-refractivity contribution in [1.29, 1.82) is 0 Å². The highest BCUT2D eigenvalue weighted by Gasteiger charge is 2.36. The zero-order valence-corrected chi connectivity index (χ0v) is 14.9. The van der Waals surface area contributed by atoms with Crippen LogP contribution in [0.2, 0.25) is 0 Å². The van der Waals surface area contributed by atoms with Crippen molar-refractivity contribution in [1.82, 2.24) is 0 Å². The molecule has 2 heterocycles. The lowest BCUT2D eigenvalue weighted by Crippen LogP contribution is -2.42. The second-order valence-corrected chi connectivity index (χ2v) is 7.73. The van der Waals surface area contributed by atoms with Gasteiger partial charge in [-0.05, 0) is 56.2 Å². The molecule has 1 saturated heterocycles. The summed E-state index contributed by atoms with van der Waals surface area (Å²) in [7, 11) is 0. The van der Waals surface area contributed by atoms with E-state index in [9.17, 15) is 4.79 Å². The number of ether oxygens (including phenoxy) is 1. The minimum absolute atomic E-state index is 0.142. The number of halogens is 1. The van der Waals surface area contributed by atoms with Crippen molar-refractivity contribution in [3.05, 3.63) is 29.3 Å². The Labute approximate surface area is 141 Å². The third kappa shape index (κ3) is 3.09. The zero-order chi connectivity index (χ0) is 15.7. The third-order valence-corrected chi connectivity index (χ3v) is 5.67. The third-order valence-electron chi connectivity index (χ3n) is 4.70. The van der Waals surface area contributed by atoms with Crippen LogP contribution in [0.3, 0.4) is 0 Å². The average Bonchev–Trinajstić information content (AvgIpc) is 3.13. The number of carbonyl (C=O) groups is 1. The molecule has 0 aromatic heterocycles. The number of fused-ring (bicyclic) bond motifs is 1. The molecular formula is C18H24BrNO2. The van der Waals surface area contributed by atoms with Crippen LogP contribution in [-0.2, 0) is 22.4 Å². The van der Waals surface area contributed by atoms with Crippen molar-refractivity contribution in [3.8, 4) is 0 Å². The number of hydrogen-bond acceptors (Lipinski definition) is 2. The van der Waals surface area contributed by atoms with Crippen LogP contribution in [-0.4, -0.2) is 29.5 Å². The lowest BCUT2D eigenvalue weighted by Gasteiger charge is -2.25. The number of carbonyl (C=O) groups excluding carboxylic acids is 1. The summed E-state index contributed by atoms with van der Waals surface area (Å²) in [5.41, 5.74) is 3.73. The van der Waals surface area contributed by atoms with E-state index in [-0.39, 0.29) is 18.1 Å². The summed E-state index contributed by atoms with van der Waals surface area (Å²) in [6.07, 6.45) is 4.72. The van der Waals surface area contributed by atoms with E-state index in [4.69, 9.17) is 4.74 Å². The molecule has 1 aromatic carbocycles. The van der Waals surface area contributed by atoms with Gasteiger partial charge in [0.05, 0.1) is 0 Å². The van der Waals surface area contributed by atoms with E-state index in [1.54, 1.807) is 0 Å². The number of nitrogens with zero attached hydrogens (tertiary/aromatic N) is 1. The average molecular weight is 366 g/mol. The molecule has 3 rings (SSSR count). The highest BCUT2D eigenvalue weighted by Crippen LogP contribution is 2.35. The van der Waals surface area contributed by atoms with Crippen LogP contribution in [0.1, 0.15) is 44.2 Å². The Balaban J connectivity index is 1.81. The molecule has 2 aliphatic rings. The Bertz CT molecular complexity index is 554. The monoisotopic (exact) mass is 365 g/mol. The molecule has 1 amide bonds. The van der Waals surface area contributed by atoms with Gasteiger partial charge in [-0.15, -0.1) is 0 Å². The van der Waals surface area contributed by atoms with Gasteiger partial charge in [-0.3, -0.25) is 4.79 Å². The second-order valence-electron chi connectivity index (χ2n) is 6.44. The maximum Gasteiger partial charge on any atom is 0.256 e. The molecule has 22 heavy (non-hydrogen) atoms. The summed E-state index contributed by atoms with van der Waals surface area (Å²) in [5, 5.41) is 0. The van der Waals surface area contributed by atoms with Gasteiger partial charge in [-0.2, -0.15) is 0 Å². The van der Waals surface area contributed by atoms with Crippen molar-refractivity contribution in [2.45, 2.75) is 62.9 Å². The summed E-state index contributed by atoms with van der Waals surface area (Å²) in [5.74, 6) is 0.142. The molecule has 120 valence electrons. The fraction of sp³-hybridized carbons (Fsp3) is 0.611. The van der Waals surface area contributed by atoms with E-state index in [1.165, 1.54) is 11.1 Å². The van der Waals surface area contributed by atoms with E-state index in [2.05, 4.69) is 48.0 Å². The fourth-order valence-electron chi connectivity index (χ4n) is 3.47. The van der Waals surface area contributed by atoms with Crippen LogP contribution in [0.15, 0.2) is 18.2 Å². The number of rotatable bonds is 4. The van der Waals surface area contributed by atoms with E-state index < -0.39 is 0 Å². The molecule has 3 nitrogen and oxygen atoms in total. The van der Waals surface area contributed by atoms with E-state index in [0.29, 0.717) is 11.4 Å². The molecule has 4 heteroatoms. The highest BCUT2D eigenvalue weighted by atomic mass is 79.9. The number of anilines is 1. The Morgan fingerprint density at radius 3 is 3.00 bits per heavy atom. The molecule has 0 saturated carbocycles. The van der Waals surface area contributed by atoms with E-state index in [0.717, 1.165) is 37.8 Å². The van der Waals surface area contributed by atoms with Crippen molar-refractivity contribution in [2.75, 3.05) is 11.5 Å². The van der Waals surface area contributed by atoms with E-state index >= 15 is 0 Å². The lowest BCUT2D eigenvalue weighted by atomic mass is 10.0. The van der Waals surface area contributed by atoms with Gasteiger partial charge in [0, 0.05) is 23.2 Å². The van der Waals surface area contributed by atoms with Gasteiger partial charge in [0.25, 0.3) is 5.91 Å². The first-order valence-corrected chi connectivity index (χ1v) is 9.22. The maximum absolute atomic E-state index is 12.7. The molecule has 3 atom stereocenters. The van der Waals surface area contributed by atoms with Crippen molar-refractivity contribution in [3.63, 3.8) is 0 Å². The van der Waals surface area contributed by atoms with Gasteiger partial charge in [-0.1, -0.05) is 35.0 Å². The molecule has 0 spiro atoms. The number of amides is 1. The normalized spacial score (nSPS) is 25.3. The van der Waals surface area contributed by atoms with Crippen molar-refractivity contribution < 1.29 is 9.53 Å². The Morgan fingerprint density at radius 2 is 2.32 bits per heavy atom. The van der Waals surface area contributed by atoms with Crippen LogP contribution in [0.5, 0.6) is 0 Å². The van der Waals surface area contributed by atoms with Crippen LogP contribution in [0.4, 0.5) is 5.69 Å². The molecule has 0 radical (unpaired) electrons. The molecule has 0 aliphatic carbocycles. The number of hydrogen-bond donors (Lipinski definition) is 0. The predicted octanol–water partition coefficient (Wildman–Crippen LogP) is 3.86. The van der Waals surface area contributed by atoms with Gasteiger partial charge in [0.1, 0.15) is 6.10 Å². The number of benzene rings is 1.